The van der Waals surface area contributed by atoms with E-state index in [1.807, 2.05) is 24.3 Å². The van der Waals surface area contributed by atoms with Crippen molar-refractivity contribution in [2.75, 3.05) is 5.32 Å². The molecule has 0 unspecified atom stereocenters. The Morgan fingerprint density at radius 1 is 1.22 bits per heavy atom. The normalized spacial score (nSPS) is 16.3. The van der Waals surface area contributed by atoms with Crippen LogP contribution in [-0.4, -0.2) is 12.2 Å². The lowest BCUT2D eigenvalue weighted by Crippen LogP contribution is -2.24. The Kier molecular flexibility index (Phi) is 4.59. The Morgan fingerprint density at radius 3 is 2.50 bits per heavy atom. The van der Waals surface area contributed by atoms with E-state index in [1.54, 1.807) is 0 Å². The molecule has 1 aromatic carbocycles. The maximum absolute atomic E-state index is 11.7. The number of hydrogen-bond acceptors (Lipinski definition) is 3. The SMILES string of the molecule is NCc1ccc(NC(=O)OC2CCCCC2)cc1. The highest BCUT2D eigenvalue weighted by molar-refractivity contribution is 5.84. The topological polar surface area (TPSA) is 64.3 Å². The minimum absolute atomic E-state index is 0.0852. The number of nitrogens with one attached hydrogen (secondary N) is 1. The van der Waals surface area contributed by atoms with Crippen LogP contribution in [0.5, 0.6) is 0 Å². The third-order valence-electron chi connectivity index (χ3n) is 3.26. The largest absolute Gasteiger partial charge is 0.446 e. The number of benzene rings is 1. The number of hydrogen-bond donors (Lipinski definition) is 2. The molecule has 0 radical (unpaired) electrons. The summed E-state index contributed by atoms with van der Waals surface area (Å²) in [5.74, 6) is 0. The van der Waals surface area contributed by atoms with Gasteiger partial charge in [0.1, 0.15) is 6.10 Å². The maximum atomic E-state index is 11.7. The summed E-state index contributed by atoms with van der Waals surface area (Å²) in [6, 6.07) is 7.47. The first-order valence-electron chi connectivity index (χ1n) is 6.54. The summed E-state index contributed by atoms with van der Waals surface area (Å²) in [6.07, 6.45) is 5.26. The van der Waals surface area contributed by atoms with Crippen molar-refractivity contribution in [3.05, 3.63) is 29.8 Å². The zero-order valence-corrected chi connectivity index (χ0v) is 10.5. The molecule has 18 heavy (non-hydrogen) atoms. The van der Waals surface area contributed by atoms with Gasteiger partial charge in [0.2, 0.25) is 0 Å². The average Bonchev–Trinajstić information content (AvgIpc) is 2.40. The highest BCUT2D eigenvalue weighted by Gasteiger charge is 2.17. The smallest absolute Gasteiger partial charge is 0.411 e. The first-order valence-corrected chi connectivity index (χ1v) is 6.54. The molecular formula is C14H20N2O2. The van der Waals surface area contributed by atoms with Gasteiger partial charge in [0.25, 0.3) is 0 Å². The minimum Gasteiger partial charge on any atom is -0.446 e. The van der Waals surface area contributed by atoms with E-state index in [9.17, 15) is 4.79 Å². The molecule has 2 rings (SSSR count). The fraction of sp³-hybridized carbons (Fsp3) is 0.500. The van der Waals surface area contributed by atoms with Crippen LogP contribution in [-0.2, 0) is 11.3 Å². The Bertz CT molecular complexity index is 383. The van der Waals surface area contributed by atoms with Gasteiger partial charge < -0.3 is 10.5 Å². The summed E-state index contributed by atoms with van der Waals surface area (Å²) in [4.78, 5) is 11.7. The van der Waals surface area contributed by atoms with Crippen LogP contribution < -0.4 is 11.1 Å². The number of anilines is 1. The van der Waals surface area contributed by atoms with Crippen LogP contribution in [0.4, 0.5) is 10.5 Å². The molecule has 3 N–H and O–H groups in total. The maximum Gasteiger partial charge on any atom is 0.411 e. The summed E-state index contributed by atoms with van der Waals surface area (Å²) < 4.78 is 5.38. The molecule has 0 saturated heterocycles. The molecule has 4 heteroatoms. The highest BCUT2D eigenvalue weighted by Crippen LogP contribution is 2.20. The van der Waals surface area contributed by atoms with Gasteiger partial charge in [-0.05, 0) is 43.4 Å². The fourth-order valence-corrected chi connectivity index (χ4v) is 2.21. The van der Waals surface area contributed by atoms with E-state index in [1.165, 1.54) is 6.42 Å². The molecule has 98 valence electrons. The molecule has 1 amide bonds. The van der Waals surface area contributed by atoms with Crippen LogP contribution in [0.3, 0.4) is 0 Å². The highest BCUT2D eigenvalue weighted by atomic mass is 16.6. The summed E-state index contributed by atoms with van der Waals surface area (Å²) in [5.41, 5.74) is 7.30. The van der Waals surface area contributed by atoms with Crippen LogP contribution >= 0.6 is 0 Å². The van der Waals surface area contributed by atoms with E-state index < -0.39 is 0 Å². The van der Waals surface area contributed by atoms with Crippen molar-refractivity contribution < 1.29 is 9.53 Å². The van der Waals surface area contributed by atoms with Gasteiger partial charge in [0, 0.05) is 12.2 Å². The second-order valence-corrected chi connectivity index (χ2v) is 4.69. The lowest BCUT2D eigenvalue weighted by Gasteiger charge is -2.21. The number of carbonyl (C=O) groups excluding carboxylic acids is 1. The van der Waals surface area contributed by atoms with Crippen molar-refractivity contribution in [2.45, 2.75) is 44.8 Å². The third-order valence-corrected chi connectivity index (χ3v) is 3.26. The monoisotopic (exact) mass is 248 g/mol. The minimum atomic E-state index is -0.359. The van der Waals surface area contributed by atoms with Gasteiger partial charge in [-0.2, -0.15) is 0 Å². The molecular weight excluding hydrogens is 228 g/mol. The summed E-state index contributed by atoms with van der Waals surface area (Å²) in [6.45, 7) is 0.507. The van der Waals surface area contributed by atoms with Crippen LogP contribution in [0.1, 0.15) is 37.7 Å². The van der Waals surface area contributed by atoms with E-state index in [4.69, 9.17) is 10.5 Å². The standard InChI is InChI=1S/C14H20N2O2/c15-10-11-6-8-12(9-7-11)16-14(17)18-13-4-2-1-3-5-13/h6-9,13H,1-5,10,15H2,(H,16,17). The molecule has 1 fully saturated rings. The van der Waals surface area contributed by atoms with Gasteiger partial charge in [-0.15, -0.1) is 0 Å². The van der Waals surface area contributed by atoms with Crippen molar-refractivity contribution in [1.29, 1.82) is 0 Å². The molecule has 0 spiro atoms. The summed E-state index contributed by atoms with van der Waals surface area (Å²) in [5, 5.41) is 2.74. The lowest BCUT2D eigenvalue weighted by molar-refractivity contribution is 0.0865. The first-order chi connectivity index (χ1) is 8.78. The van der Waals surface area contributed by atoms with Crippen molar-refractivity contribution >= 4 is 11.8 Å². The number of nitrogens with two attached hydrogens (primary N) is 1. The molecule has 0 aliphatic heterocycles. The molecule has 1 aliphatic rings. The Morgan fingerprint density at radius 2 is 1.89 bits per heavy atom. The molecule has 1 aromatic rings. The first kappa shape index (κ1) is 12.9. The van der Waals surface area contributed by atoms with E-state index >= 15 is 0 Å². The van der Waals surface area contributed by atoms with E-state index in [0.29, 0.717) is 6.54 Å². The van der Waals surface area contributed by atoms with Crippen molar-refractivity contribution in [1.82, 2.24) is 0 Å². The van der Waals surface area contributed by atoms with Gasteiger partial charge in [0.05, 0.1) is 0 Å². The van der Waals surface area contributed by atoms with Crippen LogP contribution in [0.15, 0.2) is 24.3 Å². The second-order valence-electron chi connectivity index (χ2n) is 4.69. The van der Waals surface area contributed by atoms with E-state index in [2.05, 4.69) is 5.32 Å². The van der Waals surface area contributed by atoms with Gasteiger partial charge in [-0.3, -0.25) is 5.32 Å². The number of carbonyl (C=O) groups is 1. The molecule has 0 atom stereocenters. The summed E-state index contributed by atoms with van der Waals surface area (Å²) in [7, 11) is 0. The van der Waals surface area contributed by atoms with Crippen LogP contribution in [0.25, 0.3) is 0 Å². The predicted octanol–water partition coefficient (Wildman–Crippen LogP) is 3.03. The zero-order valence-electron chi connectivity index (χ0n) is 10.5. The molecule has 0 heterocycles. The number of ether oxygens (including phenoxy) is 1. The molecule has 1 saturated carbocycles. The van der Waals surface area contributed by atoms with Crippen LogP contribution in [0, 0.1) is 0 Å². The van der Waals surface area contributed by atoms with Crippen LogP contribution in [0.2, 0.25) is 0 Å². The molecule has 4 nitrogen and oxygen atoms in total. The van der Waals surface area contributed by atoms with Gasteiger partial charge >= 0.3 is 6.09 Å². The van der Waals surface area contributed by atoms with Crippen molar-refractivity contribution in [3.63, 3.8) is 0 Å². The fourth-order valence-electron chi connectivity index (χ4n) is 2.21. The number of amides is 1. The quantitative estimate of drug-likeness (QED) is 0.864. The van der Waals surface area contributed by atoms with Gasteiger partial charge in [-0.25, -0.2) is 4.79 Å². The predicted molar refractivity (Wildman–Crippen MR) is 71.3 cm³/mol. The zero-order chi connectivity index (χ0) is 12.8. The lowest BCUT2D eigenvalue weighted by atomic mass is 9.98. The molecule has 0 aromatic heterocycles. The Hall–Kier alpha value is -1.55. The van der Waals surface area contributed by atoms with Crippen molar-refractivity contribution in [3.8, 4) is 0 Å². The third kappa shape index (κ3) is 3.74. The summed E-state index contributed by atoms with van der Waals surface area (Å²) >= 11 is 0. The van der Waals surface area contributed by atoms with E-state index in [-0.39, 0.29) is 12.2 Å². The Balaban J connectivity index is 1.82. The molecule has 1 aliphatic carbocycles. The number of rotatable bonds is 3. The Labute approximate surface area is 108 Å². The van der Waals surface area contributed by atoms with Crippen molar-refractivity contribution in [2.24, 2.45) is 5.73 Å². The van der Waals surface area contributed by atoms with Gasteiger partial charge in [-0.1, -0.05) is 18.6 Å². The second kappa shape index (κ2) is 6.40. The van der Waals surface area contributed by atoms with E-state index in [0.717, 1.165) is 36.9 Å². The average molecular weight is 248 g/mol. The molecule has 0 bridgehead atoms. The van der Waals surface area contributed by atoms with Gasteiger partial charge in [0.15, 0.2) is 0 Å².